The highest BCUT2D eigenvalue weighted by Crippen LogP contribution is 2.41. The number of benzene rings is 4. The number of pyridine rings is 3. The van der Waals surface area contributed by atoms with Gasteiger partial charge < -0.3 is 0 Å². The van der Waals surface area contributed by atoms with Gasteiger partial charge in [-0.25, -0.2) is 0 Å². The molecule has 0 spiro atoms. The number of aromatic nitrogens is 3. The Bertz CT molecular complexity index is 2210. The molecule has 0 fully saturated rings. The minimum atomic E-state index is 0.828. The Morgan fingerprint density at radius 1 is 0.386 bits per heavy atom. The highest BCUT2D eigenvalue weighted by Gasteiger charge is 2.19. The smallest absolute Gasteiger partial charge is 0.0765 e. The summed E-state index contributed by atoms with van der Waals surface area (Å²) < 4.78 is 0. The van der Waals surface area contributed by atoms with Crippen LogP contribution in [0.25, 0.3) is 0 Å². The minimum absolute atomic E-state index is 0.828. The monoisotopic (exact) mass is 798 g/mol. The highest BCUT2D eigenvalue weighted by atomic mass is 32.2. The Morgan fingerprint density at radius 3 is 0.930 bits per heavy atom. The maximum Gasteiger partial charge on any atom is 0.0765 e. The molecule has 0 N–H and O–H groups in total. The molecular weight excluding hydrogens is 757 g/mol. The number of nitrogens with zero attached hydrogens (tertiary/aromatic N) is 6. The molecule has 57 heavy (non-hydrogen) atoms. The molecular formula is C48H42N6S3. The molecule has 0 atom stereocenters. The summed E-state index contributed by atoms with van der Waals surface area (Å²) >= 11 is 5.53. The van der Waals surface area contributed by atoms with E-state index in [9.17, 15) is 0 Å². The fourth-order valence-electron chi connectivity index (χ4n) is 6.33. The van der Waals surface area contributed by atoms with Crippen molar-refractivity contribution >= 4 is 71.0 Å². The van der Waals surface area contributed by atoms with E-state index in [4.69, 9.17) is 15.0 Å². The van der Waals surface area contributed by atoms with E-state index in [2.05, 4.69) is 90.3 Å². The van der Waals surface area contributed by atoms with Gasteiger partial charge in [0.05, 0.1) is 17.1 Å². The SMILES string of the molecule is Cc1c(CSc2ccccc2N=Cc2ccncc2)c(C)c(CSc2ccccc2N=Cc2ccncc2)c(C)c1CSc1ccccc1N=Cc1ccncc1. The summed E-state index contributed by atoms with van der Waals surface area (Å²) in [4.78, 5) is 30.5. The third-order valence-electron chi connectivity index (χ3n) is 9.60. The average molecular weight is 799 g/mol. The standard InChI is InChI=1S/C48H42N6S3/c1-34-40(31-55-46-13-7-4-10-43(46)52-28-37-16-22-49-23-17-37)35(2)42(33-57-48-15-9-6-12-45(48)54-30-39-20-26-51-27-21-39)36(3)41(34)32-56-47-14-8-5-11-44(47)53-29-38-18-24-50-25-19-38/h4-30H,31-33H2,1-3H3. The first-order valence-electron chi connectivity index (χ1n) is 18.6. The number of rotatable bonds is 15. The lowest BCUT2D eigenvalue weighted by Crippen LogP contribution is -2.06. The Morgan fingerprint density at radius 2 is 0.649 bits per heavy atom. The minimum Gasteiger partial charge on any atom is -0.265 e. The molecule has 0 bridgehead atoms. The second-order valence-corrected chi connectivity index (χ2v) is 16.2. The van der Waals surface area contributed by atoms with E-state index in [1.165, 1.54) is 33.4 Å². The largest absolute Gasteiger partial charge is 0.265 e. The fraction of sp³-hybridized carbons (Fsp3) is 0.125. The van der Waals surface area contributed by atoms with Gasteiger partial charge in [0.25, 0.3) is 0 Å². The van der Waals surface area contributed by atoms with Crippen molar-refractivity contribution < 1.29 is 0 Å². The van der Waals surface area contributed by atoms with Gasteiger partial charge in [-0.3, -0.25) is 29.9 Å². The van der Waals surface area contributed by atoms with Crippen LogP contribution in [0.15, 0.2) is 176 Å². The number of aliphatic imine (C=N–C) groups is 3. The molecule has 0 aliphatic heterocycles. The van der Waals surface area contributed by atoms with Crippen LogP contribution in [0.2, 0.25) is 0 Å². The first kappa shape index (κ1) is 39.6. The van der Waals surface area contributed by atoms with E-state index in [0.717, 1.165) is 65.7 Å². The van der Waals surface area contributed by atoms with Gasteiger partial charge in [0.15, 0.2) is 0 Å². The second kappa shape index (κ2) is 20.0. The van der Waals surface area contributed by atoms with E-state index in [1.807, 2.05) is 109 Å². The van der Waals surface area contributed by atoms with Gasteiger partial charge in [0, 0.05) is 87.8 Å². The number of para-hydroxylation sites is 3. The molecule has 6 nitrogen and oxygen atoms in total. The predicted molar refractivity (Wildman–Crippen MR) is 243 cm³/mol. The zero-order chi connectivity index (χ0) is 39.2. The van der Waals surface area contributed by atoms with Gasteiger partial charge in [0.2, 0.25) is 0 Å². The van der Waals surface area contributed by atoms with Gasteiger partial charge in [-0.1, -0.05) is 36.4 Å². The van der Waals surface area contributed by atoms with Gasteiger partial charge in [-0.05, 0) is 144 Å². The first-order valence-corrected chi connectivity index (χ1v) is 21.6. The molecule has 0 aliphatic carbocycles. The maximum absolute atomic E-state index is 4.88. The molecule has 3 heterocycles. The molecule has 3 aromatic heterocycles. The van der Waals surface area contributed by atoms with Crippen molar-refractivity contribution in [1.29, 1.82) is 0 Å². The van der Waals surface area contributed by atoms with E-state index in [1.54, 1.807) is 37.2 Å². The maximum atomic E-state index is 4.88. The summed E-state index contributed by atoms with van der Waals surface area (Å²) in [6, 6.07) is 37.0. The lowest BCUT2D eigenvalue weighted by atomic mass is 9.90. The summed E-state index contributed by atoms with van der Waals surface area (Å²) in [5, 5.41) is 0. The van der Waals surface area contributed by atoms with Crippen molar-refractivity contribution in [1.82, 2.24) is 15.0 Å². The summed E-state index contributed by atoms with van der Waals surface area (Å²) in [6.45, 7) is 6.90. The number of hydrogen-bond donors (Lipinski definition) is 0. The molecule has 7 aromatic rings. The van der Waals surface area contributed by atoms with Gasteiger partial charge in [-0.2, -0.15) is 0 Å². The third-order valence-corrected chi connectivity index (χ3v) is 12.9. The fourth-order valence-corrected chi connectivity index (χ4v) is 9.86. The molecule has 0 radical (unpaired) electrons. The average Bonchev–Trinajstić information content (AvgIpc) is 3.26. The van der Waals surface area contributed by atoms with Crippen LogP contribution in [0.4, 0.5) is 17.1 Å². The van der Waals surface area contributed by atoms with Crippen LogP contribution in [-0.4, -0.2) is 33.6 Å². The number of thioether (sulfide) groups is 3. The number of hydrogen-bond acceptors (Lipinski definition) is 9. The Hall–Kier alpha value is -5.61. The topological polar surface area (TPSA) is 75.8 Å². The zero-order valence-electron chi connectivity index (χ0n) is 32.1. The first-order chi connectivity index (χ1) is 28.0. The van der Waals surface area contributed by atoms with Crippen LogP contribution >= 0.6 is 35.3 Å². The van der Waals surface area contributed by atoms with Crippen LogP contribution in [-0.2, 0) is 17.3 Å². The quantitative estimate of drug-likeness (QED) is 0.0759. The van der Waals surface area contributed by atoms with E-state index in [-0.39, 0.29) is 0 Å². The van der Waals surface area contributed by atoms with Crippen molar-refractivity contribution in [2.24, 2.45) is 15.0 Å². The molecule has 0 amide bonds. The van der Waals surface area contributed by atoms with Gasteiger partial charge in [0.1, 0.15) is 0 Å². The molecule has 0 saturated heterocycles. The zero-order valence-corrected chi connectivity index (χ0v) is 34.6. The summed E-state index contributed by atoms with van der Waals surface area (Å²) in [5.41, 5.74) is 14.1. The molecule has 0 saturated carbocycles. The second-order valence-electron chi connectivity index (χ2n) is 13.2. The van der Waals surface area contributed by atoms with Crippen molar-refractivity contribution in [3.8, 4) is 0 Å². The summed E-state index contributed by atoms with van der Waals surface area (Å²) in [6.07, 6.45) is 16.5. The van der Waals surface area contributed by atoms with E-state index in [0.29, 0.717) is 0 Å². The Balaban J connectivity index is 1.19. The van der Waals surface area contributed by atoms with Crippen molar-refractivity contribution in [2.75, 3.05) is 0 Å². The van der Waals surface area contributed by atoms with Crippen LogP contribution in [0.3, 0.4) is 0 Å². The van der Waals surface area contributed by atoms with Crippen LogP contribution < -0.4 is 0 Å². The predicted octanol–water partition coefficient (Wildman–Crippen LogP) is 12.9. The lowest BCUT2D eigenvalue weighted by Gasteiger charge is -2.23. The molecule has 282 valence electrons. The third kappa shape index (κ3) is 10.6. The van der Waals surface area contributed by atoms with E-state index >= 15 is 0 Å². The molecule has 9 heteroatoms. The van der Waals surface area contributed by atoms with Crippen molar-refractivity contribution in [2.45, 2.75) is 52.7 Å². The highest BCUT2D eigenvalue weighted by molar-refractivity contribution is 7.99. The lowest BCUT2D eigenvalue weighted by molar-refractivity contribution is 1.10. The summed E-state index contributed by atoms with van der Waals surface area (Å²) in [5.74, 6) is 2.48. The van der Waals surface area contributed by atoms with Gasteiger partial charge in [-0.15, -0.1) is 35.3 Å². The molecule has 0 aliphatic rings. The Labute approximate surface area is 348 Å². The van der Waals surface area contributed by atoms with Crippen molar-refractivity contribution in [3.05, 3.63) is 196 Å². The van der Waals surface area contributed by atoms with Gasteiger partial charge >= 0.3 is 0 Å². The van der Waals surface area contributed by atoms with Crippen molar-refractivity contribution in [3.63, 3.8) is 0 Å². The molecule has 4 aromatic carbocycles. The molecule has 0 unspecified atom stereocenters. The normalized spacial score (nSPS) is 11.6. The summed E-state index contributed by atoms with van der Waals surface area (Å²) in [7, 11) is 0. The Kier molecular flexibility index (Phi) is 13.9. The van der Waals surface area contributed by atoms with Crippen LogP contribution in [0.5, 0.6) is 0 Å². The van der Waals surface area contributed by atoms with Crippen LogP contribution in [0.1, 0.15) is 50.1 Å². The van der Waals surface area contributed by atoms with E-state index < -0.39 is 0 Å². The molecule has 7 rings (SSSR count). The van der Waals surface area contributed by atoms with Crippen LogP contribution in [0, 0.1) is 20.8 Å².